The van der Waals surface area contributed by atoms with E-state index in [1.165, 1.54) is 12.8 Å². The quantitative estimate of drug-likeness (QED) is 0.665. The lowest BCUT2D eigenvalue weighted by molar-refractivity contribution is -0.384. The van der Waals surface area contributed by atoms with E-state index >= 15 is 0 Å². The maximum absolute atomic E-state index is 10.9. The Bertz CT molecular complexity index is 504. The van der Waals surface area contributed by atoms with Crippen LogP contribution in [-0.4, -0.2) is 55.0 Å². The van der Waals surface area contributed by atoms with Crippen molar-refractivity contribution in [2.75, 3.05) is 39.5 Å². The second-order valence-electron chi connectivity index (χ2n) is 5.85. The summed E-state index contributed by atoms with van der Waals surface area (Å²) >= 11 is 0. The minimum Gasteiger partial charge on any atom is -0.383 e. The van der Waals surface area contributed by atoms with Crippen molar-refractivity contribution >= 4 is 11.4 Å². The van der Waals surface area contributed by atoms with Crippen molar-refractivity contribution in [2.24, 2.45) is 0 Å². The van der Waals surface area contributed by atoms with Crippen molar-refractivity contribution < 1.29 is 4.92 Å². The Balaban J connectivity index is 2.07. The predicted octanol–water partition coefficient (Wildman–Crippen LogP) is 2.16. The van der Waals surface area contributed by atoms with E-state index in [1.54, 1.807) is 13.1 Å². The van der Waals surface area contributed by atoms with Crippen LogP contribution >= 0.6 is 0 Å². The summed E-state index contributed by atoms with van der Waals surface area (Å²) in [5, 5.41) is 13.9. The van der Waals surface area contributed by atoms with Gasteiger partial charge in [0.2, 0.25) is 0 Å². The van der Waals surface area contributed by atoms with Crippen molar-refractivity contribution in [3.05, 3.63) is 33.9 Å². The van der Waals surface area contributed by atoms with E-state index in [0.29, 0.717) is 11.7 Å². The highest BCUT2D eigenvalue weighted by molar-refractivity contribution is 5.62. The normalized spacial score (nSPS) is 19.7. The summed E-state index contributed by atoms with van der Waals surface area (Å²) in [6.45, 7) is 2.99. The fourth-order valence-corrected chi connectivity index (χ4v) is 2.90. The summed E-state index contributed by atoms with van der Waals surface area (Å²) < 4.78 is 0. The molecule has 1 aromatic carbocycles. The van der Waals surface area contributed by atoms with Crippen LogP contribution in [-0.2, 0) is 6.54 Å². The van der Waals surface area contributed by atoms with E-state index in [-0.39, 0.29) is 10.6 Å². The summed E-state index contributed by atoms with van der Waals surface area (Å²) in [6, 6.07) is 5.94. The minimum atomic E-state index is -0.349. The summed E-state index contributed by atoms with van der Waals surface area (Å²) in [5.41, 5.74) is 1.83. The number of nitro benzene ring substituents is 1. The van der Waals surface area contributed by atoms with Gasteiger partial charge in [-0.2, -0.15) is 0 Å². The van der Waals surface area contributed by atoms with E-state index in [0.717, 1.165) is 25.2 Å². The maximum atomic E-state index is 10.9. The zero-order valence-corrected chi connectivity index (χ0v) is 13.0. The van der Waals surface area contributed by atoms with Crippen LogP contribution in [0.1, 0.15) is 18.4 Å². The number of piperidine rings is 1. The number of likely N-dealkylation sites (N-methyl/N-ethyl adjacent to an activating group) is 1. The highest BCUT2D eigenvalue weighted by Crippen LogP contribution is 2.26. The number of hydrogen-bond acceptors (Lipinski definition) is 5. The first-order valence-corrected chi connectivity index (χ1v) is 7.35. The molecule has 0 bridgehead atoms. The van der Waals surface area contributed by atoms with Gasteiger partial charge in [-0.3, -0.25) is 15.0 Å². The zero-order chi connectivity index (χ0) is 15.4. The van der Waals surface area contributed by atoms with Crippen molar-refractivity contribution in [3.63, 3.8) is 0 Å². The molecule has 1 saturated heterocycles. The summed E-state index contributed by atoms with van der Waals surface area (Å²) in [5.74, 6) is 0. The fraction of sp³-hybridized carbons (Fsp3) is 0.600. The average molecular weight is 292 g/mol. The molecular weight excluding hydrogens is 268 g/mol. The number of benzene rings is 1. The molecule has 1 aliphatic rings. The summed E-state index contributed by atoms with van der Waals surface area (Å²) in [7, 11) is 5.97. The summed E-state index contributed by atoms with van der Waals surface area (Å²) in [6.07, 6.45) is 2.44. The van der Waals surface area contributed by atoms with Crippen LogP contribution in [0.5, 0.6) is 0 Å². The Morgan fingerprint density at radius 1 is 1.48 bits per heavy atom. The second-order valence-corrected chi connectivity index (χ2v) is 5.85. The number of rotatable bonds is 5. The van der Waals surface area contributed by atoms with Crippen LogP contribution in [0.4, 0.5) is 11.4 Å². The molecule has 1 atom stereocenters. The van der Waals surface area contributed by atoms with Crippen LogP contribution in [0.25, 0.3) is 0 Å². The first-order chi connectivity index (χ1) is 10.0. The monoisotopic (exact) mass is 292 g/mol. The molecule has 0 amide bonds. The van der Waals surface area contributed by atoms with Crippen molar-refractivity contribution in [2.45, 2.75) is 25.4 Å². The van der Waals surface area contributed by atoms with Crippen LogP contribution < -0.4 is 5.32 Å². The van der Waals surface area contributed by atoms with Crippen LogP contribution in [0.15, 0.2) is 18.2 Å². The van der Waals surface area contributed by atoms with Gasteiger partial charge in [0, 0.05) is 32.2 Å². The van der Waals surface area contributed by atoms with Gasteiger partial charge >= 0.3 is 0 Å². The Hall–Kier alpha value is -1.66. The molecular formula is C15H24N4O2. The molecule has 0 spiro atoms. The number of likely N-dealkylation sites (tertiary alicyclic amines) is 1. The zero-order valence-electron chi connectivity index (χ0n) is 13.0. The summed E-state index contributed by atoms with van der Waals surface area (Å²) in [4.78, 5) is 15.3. The number of nitrogens with one attached hydrogen (secondary N) is 1. The van der Waals surface area contributed by atoms with Crippen molar-refractivity contribution in [3.8, 4) is 0 Å². The van der Waals surface area contributed by atoms with Gasteiger partial charge in [-0.25, -0.2) is 0 Å². The molecule has 2 rings (SSSR count). The second kappa shape index (κ2) is 6.87. The Kier molecular flexibility index (Phi) is 5.14. The molecule has 21 heavy (non-hydrogen) atoms. The third kappa shape index (κ3) is 3.92. The molecule has 1 fully saturated rings. The largest absolute Gasteiger partial charge is 0.383 e. The van der Waals surface area contributed by atoms with E-state index in [9.17, 15) is 10.1 Å². The van der Waals surface area contributed by atoms with E-state index in [2.05, 4.69) is 29.2 Å². The molecule has 0 aromatic heterocycles. The van der Waals surface area contributed by atoms with Crippen LogP contribution in [0, 0.1) is 10.1 Å². The molecule has 6 nitrogen and oxygen atoms in total. The molecule has 6 heteroatoms. The van der Waals surface area contributed by atoms with Gasteiger partial charge in [-0.05, 0) is 45.1 Å². The van der Waals surface area contributed by atoms with Crippen LogP contribution in [0.3, 0.4) is 0 Å². The maximum Gasteiger partial charge on any atom is 0.292 e. The van der Waals surface area contributed by atoms with Gasteiger partial charge in [0.15, 0.2) is 0 Å². The lowest BCUT2D eigenvalue weighted by Crippen LogP contribution is -2.44. The van der Waals surface area contributed by atoms with Gasteiger partial charge < -0.3 is 10.2 Å². The van der Waals surface area contributed by atoms with E-state index < -0.39 is 0 Å². The number of nitro groups is 1. The molecule has 1 unspecified atom stereocenters. The van der Waals surface area contributed by atoms with Crippen molar-refractivity contribution in [1.82, 2.24) is 9.80 Å². The molecule has 1 heterocycles. The lowest BCUT2D eigenvalue weighted by Gasteiger charge is -2.36. The lowest BCUT2D eigenvalue weighted by atomic mass is 10.0. The molecule has 0 aliphatic carbocycles. The first kappa shape index (κ1) is 15.7. The third-order valence-electron chi connectivity index (χ3n) is 4.14. The van der Waals surface area contributed by atoms with Crippen molar-refractivity contribution in [1.29, 1.82) is 0 Å². The minimum absolute atomic E-state index is 0.131. The Morgan fingerprint density at radius 3 is 2.86 bits per heavy atom. The molecule has 116 valence electrons. The third-order valence-corrected chi connectivity index (χ3v) is 4.14. The molecule has 1 aliphatic heterocycles. The van der Waals surface area contributed by atoms with E-state index in [1.807, 2.05) is 12.1 Å². The number of anilines is 1. The number of nitrogens with zero attached hydrogens (tertiary/aromatic N) is 3. The van der Waals surface area contributed by atoms with Gasteiger partial charge in [0.05, 0.1) is 4.92 Å². The first-order valence-electron chi connectivity index (χ1n) is 7.35. The molecule has 0 saturated carbocycles. The molecule has 1 N–H and O–H groups in total. The van der Waals surface area contributed by atoms with Gasteiger partial charge in [-0.1, -0.05) is 6.07 Å². The smallest absolute Gasteiger partial charge is 0.292 e. The average Bonchev–Trinajstić information content (AvgIpc) is 2.47. The van der Waals surface area contributed by atoms with Gasteiger partial charge in [-0.15, -0.1) is 0 Å². The fourth-order valence-electron chi connectivity index (χ4n) is 2.90. The Labute approximate surface area is 125 Å². The Morgan fingerprint density at radius 2 is 2.24 bits per heavy atom. The number of hydrogen-bond donors (Lipinski definition) is 1. The van der Waals surface area contributed by atoms with Gasteiger partial charge in [0.25, 0.3) is 5.69 Å². The highest BCUT2D eigenvalue weighted by Gasteiger charge is 2.22. The van der Waals surface area contributed by atoms with Gasteiger partial charge in [0.1, 0.15) is 5.69 Å². The highest BCUT2D eigenvalue weighted by atomic mass is 16.6. The SMILES string of the molecule is CNc1cc(CN2CCCC(N(C)C)C2)ccc1[N+](=O)[O-]. The molecule has 1 aromatic rings. The van der Waals surface area contributed by atoms with E-state index in [4.69, 9.17) is 0 Å². The molecule has 0 radical (unpaired) electrons. The standard InChI is InChI=1S/C15H24N4O2/c1-16-14-9-12(6-7-15(14)19(20)21)10-18-8-4-5-13(11-18)17(2)3/h6-7,9,13,16H,4-5,8,10-11H2,1-3H3. The predicted molar refractivity (Wildman–Crippen MR) is 84.6 cm³/mol. The topological polar surface area (TPSA) is 61.6 Å². The van der Waals surface area contributed by atoms with Crippen LogP contribution in [0.2, 0.25) is 0 Å².